The van der Waals surface area contributed by atoms with Gasteiger partial charge in [0.05, 0.1) is 7.11 Å². The number of carbonyl (C=O) groups is 1. The molecule has 0 radical (unpaired) electrons. The fourth-order valence-electron chi connectivity index (χ4n) is 2.45. The monoisotopic (exact) mass is 269 g/mol. The lowest BCUT2D eigenvalue weighted by Gasteiger charge is -2.48. The van der Waals surface area contributed by atoms with Crippen LogP contribution >= 0.6 is 0 Å². The first-order valence-electron chi connectivity index (χ1n) is 6.19. The molecule has 1 saturated heterocycles. The van der Waals surface area contributed by atoms with Crippen LogP contribution in [0, 0.1) is 5.92 Å². The van der Waals surface area contributed by atoms with E-state index in [1.165, 1.54) is 4.90 Å². The van der Waals surface area contributed by atoms with Gasteiger partial charge in [0.15, 0.2) is 0 Å². The Balaban J connectivity index is 2.12. The molecule has 0 saturated carbocycles. The minimum Gasteiger partial charge on any atom is -0.497 e. The van der Waals surface area contributed by atoms with E-state index in [4.69, 9.17) is 4.74 Å². The Morgan fingerprint density at radius 2 is 1.89 bits per heavy atom. The van der Waals surface area contributed by atoms with Crippen LogP contribution in [0.15, 0.2) is 24.3 Å². The molecule has 2 rings (SSSR count). The molecular weight excluding hydrogens is 252 g/mol. The van der Waals surface area contributed by atoms with Gasteiger partial charge in [-0.2, -0.15) is 8.78 Å². The van der Waals surface area contributed by atoms with Crippen LogP contribution in [0.5, 0.6) is 5.75 Å². The van der Waals surface area contributed by atoms with Crippen molar-refractivity contribution in [3.8, 4) is 5.75 Å². The Labute approximate surface area is 111 Å². The summed E-state index contributed by atoms with van der Waals surface area (Å²) in [6.45, 7) is 3.61. The van der Waals surface area contributed by atoms with Crippen LogP contribution in [-0.2, 0) is 11.3 Å². The SMILES string of the molecule is COc1ccc(CN2C(=O)C(F)(F)[C@@H]2C(C)C)cc1. The molecule has 1 aromatic carbocycles. The lowest BCUT2D eigenvalue weighted by Crippen LogP contribution is -2.70. The van der Waals surface area contributed by atoms with Crippen molar-refractivity contribution < 1.29 is 18.3 Å². The van der Waals surface area contributed by atoms with Gasteiger partial charge in [0.25, 0.3) is 5.91 Å². The summed E-state index contributed by atoms with van der Waals surface area (Å²) in [5.74, 6) is -3.88. The average Bonchev–Trinajstić information content (AvgIpc) is 2.37. The topological polar surface area (TPSA) is 29.5 Å². The van der Waals surface area contributed by atoms with Crippen LogP contribution in [0.3, 0.4) is 0 Å². The molecule has 3 nitrogen and oxygen atoms in total. The fourth-order valence-corrected chi connectivity index (χ4v) is 2.45. The molecular formula is C14H17F2NO2. The summed E-state index contributed by atoms with van der Waals surface area (Å²) in [5.41, 5.74) is 0.815. The van der Waals surface area contributed by atoms with Crippen LogP contribution < -0.4 is 4.74 Å². The smallest absolute Gasteiger partial charge is 0.344 e. The summed E-state index contributed by atoms with van der Waals surface area (Å²) < 4.78 is 32.0. The molecule has 0 aliphatic carbocycles. The summed E-state index contributed by atoms with van der Waals surface area (Å²) >= 11 is 0. The molecule has 0 aromatic heterocycles. The maximum absolute atomic E-state index is 13.5. The third-order valence-corrected chi connectivity index (χ3v) is 3.40. The Kier molecular flexibility index (Phi) is 3.47. The molecule has 0 unspecified atom stereocenters. The number of hydrogen-bond donors (Lipinski definition) is 0. The predicted octanol–water partition coefficient (Wildman–Crippen LogP) is 2.70. The quantitative estimate of drug-likeness (QED) is 0.786. The van der Waals surface area contributed by atoms with E-state index in [0.717, 1.165) is 5.56 Å². The second-order valence-corrected chi connectivity index (χ2v) is 5.09. The molecule has 0 spiro atoms. The van der Waals surface area contributed by atoms with Crippen molar-refractivity contribution in [2.45, 2.75) is 32.4 Å². The van der Waals surface area contributed by atoms with E-state index in [0.29, 0.717) is 5.75 Å². The number of benzene rings is 1. The van der Waals surface area contributed by atoms with Crippen LogP contribution in [0.1, 0.15) is 19.4 Å². The summed E-state index contributed by atoms with van der Waals surface area (Å²) in [7, 11) is 1.56. The number of rotatable bonds is 4. The molecule has 5 heteroatoms. The van der Waals surface area contributed by atoms with E-state index >= 15 is 0 Å². The molecule has 1 fully saturated rings. The number of amides is 1. The molecule has 1 aliphatic rings. The molecule has 1 atom stereocenters. The average molecular weight is 269 g/mol. The van der Waals surface area contributed by atoms with Gasteiger partial charge in [-0.15, -0.1) is 0 Å². The standard InChI is InChI=1S/C14H17F2NO2/c1-9(2)12-14(15,16)13(18)17(12)8-10-4-6-11(19-3)7-5-10/h4-7,9,12H,8H2,1-3H3/t12-/m0/s1. The zero-order valence-corrected chi connectivity index (χ0v) is 11.2. The summed E-state index contributed by atoms with van der Waals surface area (Å²) in [6.07, 6.45) is 0. The number of halogens is 2. The van der Waals surface area contributed by atoms with Crippen LogP contribution in [0.4, 0.5) is 8.78 Å². The summed E-state index contributed by atoms with van der Waals surface area (Å²) in [5, 5.41) is 0. The summed E-state index contributed by atoms with van der Waals surface area (Å²) in [6, 6.07) is 6.05. The van der Waals surface area contributed by atoms with Crippen molar-refractivity contribution in [3.63, 3.8) is 0 Å². The van der Waals surface area contributed by atoms with Gasteiger partial charge in [0, 0.05) is 6.54 Å². The first-order chi connectivity index (χ1) is 8.87. The van der Waals surface area contributed by atoms with Crippen molar-refractivity contribution in [3.05, 3.63) is 29.8 Å². The number of alkyl halides is 2. The van der Waals surface area contributed by atoms with E-state index < -0.39 is 17.9 Å². The highest BCUT2D eigenvalue weighted by Gasteiger charge is 2.64. The first kappa shape index (κ1) is 13.8. The Bertz CT molecular complexity index is 471. The van der Waals surface area contributed by atoms with Gasteiger partial charge in [-0.25, -0.2) is 0 Å². The van der Waals surface area contributed by atoms with Crippen molar-refractivity contribution in [2.24, 2.45) is 5.92 Å². The van der Waals surface area contributed by atoms with E-state index in [1.54, 1.807) is 45.2 Å². The molecule has 0 bridgehead atoms. The lowest BCUT2D eigenvalue weighted by atomic mass is 9.86. The number of methoxy groups -OCH3 is 1. The summed E-state index contributed by atoms with van der Waals surface area (Å²) in [4.78, 5) is 12.7. The molecule has 104 valence electrons. The Hall–Kier alpha value is -1.65. The van der Waals surface area contributed by atoms with Gasteiger partial charge in [0.1, 0.15) is 11.8 Å². The van der Waals surface area contributed by atoms with Crippen molar-refractivity contribution in [2.75, 3.05) is 7.11 Å². The maximum Gasteiger partial charge on any atom is 0.344 e. The van der Waals surface area contributed by atoms with Crippen molar-refractivity contribution in [1.82, 2.24) is 4.90 Å². The van der Waals surface area contributed by atoms with Crippen LogP contribution in [0.25, 0.3) is 0 Å². The number of carbonyl (C=O) groups excluding carboxylic acids is 1. The van der Waals surface area contributed by atoms with Gasteiger partial charge in [-0.05, 0) is 23.6 Å². The van der Waals surface area contributed by atoms with Gasteiger partial charge in [-0.3, -0.25) is 4.79 Å². The highest BCUT2D eigenvalue weighted by atomic mass is 19.3. The molecule has 1 heterocycles. The van der Waals surface area contributed by atoms with Crippen molar-refractivity contribution >= 4 is 5.91 Å². The van der Waals surface area contributed by atoms with Gasteiger partial charge >= 0.3 is 5.92 Å². The molecule has 1 amide bonds. The zero-order chi connectivity index (χ0) is 14.2. The highest BCUT2D eigenvalue weighted by Crippen LogP contribution is 2.41. The first-order valence-corrected chi connectivity index (χ1v) is 6.19. The molecule has 1 aromatic rings. The normalized spacial score (nSPS) is 21.5. The maximum atomic E-state index is 13.5. The fraction of sp³-hybridized carbons (Fsp3) is 0.500. The zero-order valence-electron chi connectivity index (χ0n) is 11.2. The number of nitrogens with zero attached hydrogens (tertiary/aromatic N) is 1. The van der Waals surface area contributed by atoms with E-state index in [9.17, 15) is 13.6 Å². The van der Waals surface area contributed by atoms with Crippen molar-refractivity contribution in [1.29, 1.82) is 0 Å². The number of β-lactam (4-membered cyclic amide) rings is 1. The molecule has 19 heavy (non-hydrogen) atoms. The van der Waals surface area contributed by atoms with Gasteiger partial charge in [-0.1, -0.05) is 26.0 Å². The molecule has 1 aliphatic heterocycles. The largest absolute Gasteiger partial charge is 0.497 e. The van der Waals surface area contributed by atoms with Gasteiger partial charge in [0.2, 0.25) is 0 Å². The van der Waals surface area contributed by atoms with Gasteiger partial charge < -0.3 is 9.64 Å². The van der Waals surface area contributed by atoms with E-state index in [-0.39, 0.29) is 12.5 Å². The third kappa shape index (κ3) is 2.29. The number of likely N-dealkylation sites (tertiary alicyclic amines) is 1. The van der Waals surface area contributed by atoms with Crippen LogP contribution in [0.2, 0.25) is 0 Å². The number of hydrogen-bond acceptors (Lipinski definition) is 2. The Morgan fingerprint density at radius 3 is 2.37 bits per heavy atom. The molecule has 0 N–H and O–H groups in total. The minimum absolute atomic E-state index is 0.210. The predicted molar refractivity (Wildman–Crippen MR) is 67.1 cm³/mol. The number of ether oxygens (including phenoxy) is 1. The second kappa shape index (κ2) is 4.79. The van der Waals surface area contributed by atoms with Crippen LogP contribution in [-0.4, -0.2) is 29.9 Å². The van der Waals surface area contributed by atoms with E-state index in [2.05, 4.69) is 0 Å². The van der Waals surface area contributed by atoms with E-state index in [1.807, 2.05) is 0 Å². The third-order valence-electron chi connectivity index (χ3n) is 3.40. The second-order valence-electron chi connectivity index (χ2n) is 5.09. The minimum atomic E-state index is -3.22. The highest BCUT2D eigenvalue weighted by molar-refractivity contribution is 5.91. The lowest BCUT2D eigenvalue weighted by molar-refractivity contribution is -0.212. The Morgan fingerprint density at radius 1 is 1.32 bits per heavy atom.